The van der Waals surface area contributed by atoms with Crippen LogP contribution in [0.15, 0.2) is 51.9 Å². The van der Waals surface area contributed by atoms with Crippen LogP contribution in [0.1, 0.15) is 35.7 Å². The maximum absolute atomic E-state index is 12.6. The SMILES string of the molecule is COC(=O)Cn1c(=NC(=O)c2ccc(Br)cc2)sc2cc(C(C)C)ccc21. The van der Waals surface area contributed by atoms with Crippen molar-refractivity contribution < 1.29 is 14.3 Å². The fraction of sp³-hybridized carbons (Fsp3) is 0.250. The van der Waals surface area contributed by atoms with Crippen molar-refractivity contribution in [3.8, 4) is 0 Å². The zero-order valence-electron chi connectivity index (χ0n) is 15.2. The maximum Gasteiger partial charge on any atom is 0.325 e. The number of carbonyl (C=O) groups is 2. The van der Waals surface area contributed by atoms with Crippen LogP contribution in [0.5, 0.6) is 0 Å². The molecule has 1 heterocycles. The Balaban J connectivity index is 2.14. The van der Waals surface area contributed by atoms with Gasteiger partial charge in [-0.25, -0.2) is 0 Å². The molecular formula is C20H19BrN2O3S. The van der Waals surface area contributed by atoms with Gasteiger partial charge in [0.2, 0.25) is 0 Å². The minimum Gasteiger partial charge on any atom is -0.468 e. The van der Waals surface area contributed by atoms with E-state index in [0.717, 1.165) is 14.7 Å². The third-order valence-electron chi connectivity index (χ3n) is 4.18. The molecule has 0 bridgehead atoms. The summed E-state index contributed by atoms with van der Waals surface area (Å²) in [6.07, 6.45) is 0. The molecule has 0 unspecified atom stereocenters. The van der Waals surface area contributed by atoms with E-state index in [1.165, 1.54) is 24.0 Å². The summed E-state index contributed by atoms with van der Waals surface area (Å²) in [6.45, 7) is 4.25. The van der Waals surface area contributed by atoms with Crippen LogP contribution in [0.3, 0.4) is 0 Å². The van der Waals surface area contributed by atoms with E-state index in [0.29, 0.717) is 16.3 Å². The Morgan fingerprint density at radius 3 is 2.52 bits per heavy atom. The second-order valence-electron chi connectivity index (χ2n) is 6.35. The van der Waals surface area contributed by atoms with Crippen molar-refractivity contribution in [2.24, 2.45) is 4.99 Å². The van der Waals surface area contributed by atoms with Crippen molar-refractivity contribution >= 4 is 49.4 Å². The fourth-order valence-corrected chi connectivity index (χ4v) is 3.97. The quantitative estimate of drug-likeness (QED) is 0.554. The van der Waals surface area contributed by atoms with Crippen LogP contribution in [0.4, 0.5) is 0 Å². The summed E-state index contributed by atoms with van der Waals surface area (Å²) in [5, 5.41) is 0. The van der Waals surface area contributed by atoms with E-state index >= 15 is 0 Å². The Labute approximate surface area is 169 Å². The Kier molecular flexibility index (Phi) is 5.92. The third-order valence-corrected chi connectivity index (χ3v) is 5.75. The van der Waals surface area contributed by atoms with Gasteiger partial charge in [-0.15, -0.1) is 0 Å². The van der Waals surface area contributed by atoms with Gasteiger partial charge in [0.25, 0.3) is 5.91 Å². The Hall–Kier alpha value is -2.25. The highest BCUT2D eigenvalue weighted by Gasteiger charge is 2.13. The lowest BCUT2D eigenvalue weighted by Crippen LogP contribution is -2.22. The van der Waals surface area contributed by atoms with Crippen molar-refractivity contribution in [1.29, 1.82) is 0 Å². The van der Waals surface area contributed by atoms with Crippen LogP contribution in [0.25, 0.3) is 10.2 Å². The largest absolute Gasteiger partial charge is 0.468 e. The number of hydrogen-bond donors (Lipinski definition) is 0. The van der Waals surface area contributed by atoms with Gasteiger partial charge in [-0.1, -0.05) is 47.2 Å². The van der Waals surface area contributed by atoms with Gasteiger partial charge in [0, 0.05) is 10.0 Å². The molecule has 0 atom stereocenters. The lowest BCUT2D eigenvalue weighted by atomic mass is 10.0. The summed E-state index contributed by atoms with van der Waals surface area (Å²) < 4.78 is 8.40. The summed E-state index contributed by atoms with van der Waals surface area (Å²) in [5.41, 5.74) is 2.54. The van der Waals surface area contributed by atoms with Gasteiger partial charge >= 0.3 is 5.97 Å². The van der Waals surface area contributed by atoms with Gasteiger partial charge in [-0.05, 0) is 47.9 Å². The highest BCUT2D eigenvalue weighted by molar-refractivity contribution is 9.10. The first-order valence-electron chi connectivity index (χ1n) is 8.43. The molecule has 2 aromatic carbocycles. The average Bonchev–Trinajstić information content (AvgIpc) is 2.98. The normalized spacial score (nSPS) is 12.0. The number of methoxy groups -OCH3 is 1. The van der Waals surface area contributed by atoms with E-state index in [4.69, 9.17) is 4.74 Å². The lowest BCUT2D eigenvalue weighted by Gasteiger charge is -2.06. The highest BCUT2D eigenvalue weighted by Crippen LogP contribution is 2.24. The molecule has 0 aliphatic rings. The summed E-state index contributed by atoms with van der Waals surface area (Å²) in [6, 6.07) is 13.1. The summed E-state index contributed by atoms with van der Waals surface area (Å²) in [5.74, 6) is -0.354. The van der Waals surface area contributed by atoms with Crippen molar-refractivity contribution in [1.82, 2.24) is 4.57 Å². The number of rotatable bonds is 4. The number of carbonyl (C=O) groups excluding carboxylic acids is 2. The predicted molar refractivity (Wildman–Crippen MR) is 110 cm³/mol. The minimum absolute atomic E-state index is 0.00394. The maximum atomic E-state index is 12.6. The molecule has 0 fully saturated rings. The molecule has 7 heteroatoms. The van der Waals surface area contributed by atoms with E-state index in [9.17, 15) is 9.59 Å². The second kappa shape index (κ2) is 8.19. The monoisotopic (exact) mass is 446 g/mol. The Morgan fingerprint density at radius 1 is 1.19 bits per heavy atom. The number of nitrogens with zero attached hydrogens (tertiary/aromatic N) is 2. The smallest absolute Gasteiger partial charge is 0.325 e. The zero-order chi connectivity index (χ0) is 19.6. The van der Waals surface area contributed by atoms with Gasteiger partial charge in [0.1, 0.15) is 6.54 Å². The van der Waals surface area contributed by atoms with Crippen molar-refractivity contribution in [3.05, 3.63) is 62.9 Å². The van der Waals surface area contributed by atoms with Crippen molar-refractivity contribution in [3.63, 3.8) is 0 Å². The number of benzene rings is 2. The van der Waals surface area contributed by atoms with Crippen molar-refractivity contribution in [2.75, 3.05) is 7.11 Å². The summed E-state index contributed by atoms with van der Waals surface area (Å²) in [4.78, 5) is 29.2. The molecule has 0 saturated carbocycles. The number of fused-ring (bicyclic) bond motifs is 1. The highest BCUT2D eigenvalue weighted by atomic mass is 79.9. The number of aromatic nitrogens is 1. The number of halogens is 1. The molecule has 0 saturated heterocycles. The van der Waals surface area contributed by atoms with Crippen LogP contribution in [0, 0.1) is 0 Å². The van der Waals surface area contributed by atoms with Crippen molar-refractivity contribution in [2.45, 2.75) is 26.3 Å². The topological polar surface area (TPSA) is 60.7 Å². The molecule has 0 spiro atoms. The first kappa shape index (κ1) is 19.5. The first-order valence-corrected chi connectivity index (χ1v) is 10.0. The molecule has 0 aliphatic carbocycles. The number of ether oxygens (including phenoxy) is 1. The molecule has 1 aromatic heterocycles. The lowest BCUT2D eigenvalue weighted by molar-refractivity contribution is -0.141. The average molecular weight is 447 g/mol. The number of amides is 1. The van der Waals surface area contributed by atoms with Gasteiger partial charge in [0.05, 0.1) is 17.3 Å². The van der Waals surface area contributed by atoms with Gasteiger partial charge in [0.15, 0.2) is 4.80 Å². The van der Waals surface area contributed by atoms with Crippen LogP contribution >= 0.6 is 27.3 Å². The summed E-state index contributed by atoms with van der Waals surface area (Å²) in [7, 11) is 1.35. The summed E-state index contributed by atoms with van der Waals surface area (Å²) >= 11 is 4.75. The molecule has 5 nitrogen and oxygen atoms in total. The number of hydrogen-bond acceptors (Lipinski definition) is 4. The molecule has 0 radical (unpaired) electrons. The van der Waals surface area contributed by atoms with Gasteiger partial charge < -0.3 is 9.30 Å². The fourth-order valence-electron chi connectivity index (χ4n) is 2.62. The van der Waals surface area contributed by atoms with Crippen LogP contribution in [0.2, 0.25) is 0 Å². The Bertz CT molecular complexity index is 1070. The van der Waals surface area contributed by atoms with E-state index < -0.39 is 0 Å². The standard InChI is InChI=1S/C20H19BrN2O3S/c1-12(2)14-6-9-16-17(10-14)27-20(23(16)11-18(24)26-3)22-19(25)13-4-7-15(21)8-5-13/h4-10,12H,11H2,1-3H3. The van der Waals surface area contributed by atoms with E-state index in [2.05, 4.69) is 40.8 Å². The number of thiazole rings is 1. The third kappa shape index (κ3) is 4.36. The minimum atomic E-state index is -0.389. The molecule has 1 amide bonds. The molecular weight excluding hydrogens is 428 g/mol. The van der Waals surface area contributed by atoms with Gasteiger partial charge in [-0.3, -0.25) is 9.59 Å². The van der Waals surface area contributed by atoms with E-state index in [1.54, 1.807) is 28.8 Å². The first-order chi connectivity index (χ1) is 12.9. The zero-order valence-corrected chi connectivity index (χ0v) is 17.6. The molecule has 140 valence electrons. The Morgan fingerprint density at radius 2 is 1.89 bits per heavy atom. The van der Waals surface area contributed by atoms with Crippen LogP contribution < -0.4 is 4.80 Å². The molecule has 3 aromatic rings. The van der Waals surface area contributed by atoms with Gasteiger partial charge in [-0.2, -0.15) is 4.99 Å². The molecule has 0 aliphatic heterocycles. The number of esters is 1. The van der Waals surface area contributed by atoms with E-state index in [-0.39, 0.29) is 18.4 Å². The molecule has 27 heavy (non-hydrogen) atoms. The molecule has 0 N–H and O–H groups in total. The molecule has 3 rings (SSSR count). The van der Waals surface area contributed by atoms with Crippen LogP contribution in [-0.4, -0.2) is 23.6 Å². The second-order valence-corrected chi connectivity index (χ2v) is 8.28. The van der Waals surface area contributed by atoms with Crippen LogP contribution in [-0.2, 0) is 16.1 Å². The van der Waals surface area contributed by atoms with E-state index in [1.807, 2.05) is 12.1 Å². The predicted octanol–water partition coefficient (Wildman–Crippen LogP) is 4.50.